The summed E-state index contributed by atoms with van der Waals surface area (Å²) in [5, 5.41) is 45.0. The molecule has 6 N–H and O–H groups in total. The Balaban J connectivity index is 2.56. The number of carbonyl (C=O) groups is 3. The zero-order chi connectivity index (χ0) is 24.5. The summed E-state index contributed by atoms with van der Waals surface area (Å²) < 4.78 is 5.09. The van der Waals surface area contributed by atoms with Gasteiger partial charge in [0.25, 0.3) is 5.91 Å². The van der Waals surface area contributed by atoms with Gasteiger partial charge in [-0.2, -0.15) is 0 Å². The molecule has 1 aromatic rings. The fourth-order valence-electron chi connectivity index (χ4n) is 4.05. The highest BCUT2D eigenvalue weighted by molar-refractivity contribution is 6.05. The number of nitrogens with zero attached hydrogens (tertiary/aromatic N) is 1. The summed E-state index contributed by atoms with van der Waals surface area (Å²) in [7, 11) is 1.54. The fraction of sp³-hybridized carbons (Fsp3) is 0.571. The summed E-state index contributed by atoms with van der Waals surface area (Å²) in [4.78, 5) is 38.4. The Morgan fingerprint density at radius 2 is 1.59 bits per heavy atom. The molecule has 5 atom stereocenters. The van der Waals surface area contributed by atoms with Crippen LogP contribution in [-0.4, -0.2) is 82.4 Å². The molecule has 1 saturated heterocycles. The molecule has 0 aromatic heterocycles. The Morgan fingerprint density at radius 3 is 2.09 bits per heavy atom. The number of aliphatic hydroxyl groups is 4. The number of amides is 3. The van der Waals surface area contributed by atoms with Crippen molar-refractivity contribution in [1.29, 1.82) is 0 Å². The van der Waals surface area contributed by atoms with Crippen LogP contribution in [-0.2, 0) is 14.3 Å². The standard InChI is InChI=1S/C21H31N3O8/c1-8-14(20(30)23-16-19(29)18(28)13(7-25)32-21(16)31)9(2)17(24(6)12(5)27)10(3)15(8)22-11(4)26/h13,16,18-19,21,25,28-29,31H,7H2,1-6H3,(H,22,26)(H,23,30). The van der Waals surface area contributed by atoms with Crippen molar-refractivity contribution < 1.29 is 39.5 Å². The quantitative estimate of drug-likeness (QED) is 0.333. The predicted molar refractivity (Wildman–Crippen MR) is 115 cm³/mol. The molecular formula is C21H31N3O8. The summed E-state index contributed by atoms with van der Waals surface area (Å²) in [6.45, 7) is 7.03. The van der Waals surface area contributed by atoms with E-state index >= 15 is 0 Å². The molecule has 1 aliphatic rings. The lowest BCUT2D eigenvalue weighted by Crippen LogP contribution is -2.64. The number of rotatable bonds is 5. The van der Waals surface area contributed by atoms with Gasteiger partial charge in [0.05, 0.1) is 12.3 Å². The van der Waals surface area contributed by atoms with Crippen LogP contribution in [0.15, 0.2) is 0 Å². The number of aliphatic hydroxyl groups excluding tert-OH is 4. The minimum atomic E-state index is -1.69. The number of ether oxygens (including phenoxy) is 1. The van der Waals surface area contributed by atoms with E-state index in [1.807, 2.05) is 0 Å². The van der Waals surface area contributed by atoms with Crippen molar-refractivity contribution in [1.82, 2.24) is 5.32 Å². The highest BCUT2D eigenvalue weighted by atomic mass is 16.6. The van der Waals surface area contributed by atoms with Crippen LogP contribution in [0.2, 0.25) is 0 Å². The SMILES string of the molecule is CC(=O)Nc1c(C)c(C(=O)NC2C(O)OC(CO)C(O)C2O)c(C)c(N(C)C(C)=O)c1C. The molecule has 1 aromatic carbocycles. The van der Waals surface area contributed by atoms with E-state index in [9.17, 15) is 34.8 Å². The molecule has 5 unspecified atom stereocenters. The van der Waals surface area contributed by atoms with E-state index in [1.54, 1.807) is 27.8 Å². The first-order chi connectivity index (χ1) is 14.8. The van der Waals surface area contributed by atoms with Crippen molar-refractivity contribution in [3.63, 3.8) is 0 Å². The summed E-state index contributed by atoms with van der Waals surface area (Å²) in [6, 6.07) is -1.39. The number of nitrogens with one attached hydrogen (secondary N) is 2. The minimum Gasteiger partial charge on any atom is -0.394 e. The van der Waals surface area contributed by atoms with Gasteiger partial charge in [0, 0.05) is 32.1 Å². The molecule has 3 amide bonds. The van der Waals surface area contributed by atoms with Crippen molar-refractivity contribution in [2.45, 2.75) is 65.3 Å². The highest BCUT2D eigenvalue weighted by Crippen LogP contribution is 2.37. The first-order valence-electron chi connectivity index (χ1n) is 10.1. The first kappa shape index (κ1) is 25.7. The Kier molecular flexibility index (Phi) is 7.97. The summed E-state index contributed by atoms with van der Waals surface area (Å²) in [6.07, 6.45) is -6.05. The maximum Gasteiger partial charge on any atom is 0.252 e. The van der Waals surface area contributed by atoms with Crippen LogP contribution in [0.3, 0.4) is 0 Å². The molecule has 1 aliphatic heterocycles. The van der Waals surface area contributed by atoms with Crippen molar-refractivity contribution in [3.05, 3.63) is 22.3 Å². The second-order valence-electron chi connectivity index (χ2n) is 7.96. The predicted octanol–water partition coefficient (Wildman–Crippen LogP) is -0.917. The van der Waals surface area contributed by atoms with Crippen molar-refractivity contribution in [2.24, 2.45) is 0 Å². The molecule has 0 radical (unpaired) electrons. The largest absolute Gasteiger partial charge is 0.394 e. The molecular weight excluding hydrogens is 422 g/mol. The number of hydrogen-bond donors (Lipinski definition) is 6. The molecule has 0 bridgehead atoms. The fourth-order valence-corrected chi connectivity index (χ4v) is 4.05. The molecule has 1 fully saturated rings. The smallest absolute Gasteiger partial charge is 0.252 e. The van der Waals surface area contributed by atoms with Crippen LogP contribution in [0.25, 0.3) is 0 Å². The maximum atomic E-state index is 13.3. The van der Waals surface area contributed by atoms with Gasteiger partial charge in [-0.15, -0.1) is 0 Å². The topological polar surface area (TPSA) is 169 Å². The molecule has 0 aliphatic carbocycles. The minimum absolute atomic E-state index is 0.126. The Labute approximate surface area is 186 Å². The number of hydrogen-bond acceptors (Lipinski definition) is 8. The van der Waals surface area contributed by atoms with Gasteiger partial charge in [0.1, 0.15) is 24.4 Å². The zero-order valence-electron chi connectivity index (χ0n) is 19.0. The molecule has 0 spiro atoms. The van der Waals surface area contributed by atoms with E-state index in [-0.39, 0.29) is 17.4 Å². The summed E-state index contributed by atoms with van der Waals surface area (Å²) in [5.41, 5.74) is 2.37. The Bertz CT molecular complexity index is 919. The first-order valence-corrected chi connectivity index (χ1v) is 10.1. The van der Waals surface area contributed by atoms with E-state index in [1.165, 1.54) is 18.7 Å². The molecule has 32 heavy (non-hydrogen) atoms. The maximum absolute atomic E-state index is 13.3. The van der Waals surface area contributed by atoms with Gasteiger partial charge in [-0.1, -0.05) is 0 Å². The van der Waals surface area contributed by atoms with Gasteiger partial charge in [-0.25, -0.2) is 0 Å². The summed E-state index contributed by atoms with van der Waals surface area (Å²) in [5.74, 6) is -1.37. The summed E-state index contributed by atoms with van der Waals surface area (Å²) >= 11 is 0. The normalized spacial score (nSPS) is 25.2. The third kappa shape index (κ3) is 4.76. The Morgan fingerprint density at radius 1 is 1.00 bits per heavy atom. The average molecular weight is 453 g/mol. The van der Waals surface area contributed by atoms with E-state index < -0.39 is 43.2 Å². The Hall–Kier alpha value is -2.57. The molecule has 11 nitrogen and oxygen atoms in total. The average Bonchev–Trinajstić information content (AvgIpc) is 2.70. The van der Waals surface area contributed by atoms with Gasteiger partial charge >= 0.3 is 0 Å². The third-order valence-electron chi connectivity index (χ3n) is 5.74. The van der Waals surface area contributed by atoms with Crippen LogP contribution in [0.1, 0.15) is 40.9 Å². The number of carbonyl (C=O) groups excluding carboxylic acids is 3. The van der Waals surface area contributed by atoms with Crippen molar-refractivity contribution >= 4 is 29.1 Å². The van der Waals surface area contributed by atoms with E-state index in [2.05, 4.69) is 10.6 Å². The number of benzene rings is 1. The van der Waals surface area contributed by atoms with Crippen LogP contribution in [0, 0.1) is 20.8 Å². The van der Waals surface area contributed by atoms with Crippen molar-refractivity contribution in [3.8, 4) is 0 Å². The molecule has 2 rings (SSSR count). The zero-order valence-corrected chi connectivity index (χ0v) is 19.0. The third-order valence-corrected chi connectivity index (χ3v) is 5.74. The van der Waals surface area contributed by atoms with Gasteiger partial charge in [-0.3, -0.25) is 14.4 Å². The monoisotopic (exact) mass is 453 g/mol. The molecule has 1 heterocycles. The van der Waals surface area contributed by atoms with E-state index in [0.29, 0.717) is 28.1 Å². The van der Waals surface area contributed by atoms with E-state index in [0.717, 1.165) is 0 Å². The van der Waals surface area contributed by atoms with Gasteiger partial charge < -0.3 is 40.7 Å². The van der Waals surface area contributed by atoms with Crippen LogP contribution in [0.5, 0.6) is 0 Å². The lowest BCUT2D eigenvalue weighted by Gasteiger charge is -2.40. The molecule has 178 valence electrons. The van der Waals surface area contributed by atoms with Crippen LogP contribution < -0.4 is 15.5 Å². The lowest BCUT2D eigenvalue weighted by molar-refractivity contribution is -0.252. The van der Waals surface area contributed by atoms with Gasteiger partial charge in [0.2, 0.25) is 11.8 Å². The van der Waals surface area contributed by atoms with Crippen LogP contribution >= 0.6 is 0 Å². The van der Waals surface area contributed by atoms with Crippen LogP contribution in [0.4, 0.5) is 11.4 Å². The van der Waals surface area contributed by atoms with Gasteiger partial charge in [0.15, 0.2) is 6.29 Å². The second-order valence-corrected chi connectivity index (χ2v) is 7.96. The highest BCUT2D eigenvalue weighted by Gasteiger charge is 2.44. The second kappa shape index (κ2) is 9.92. The van der Waals surface area contributed by atoms with Gasteiger partial charge in [-0.05, 0) is 37.5 Å². The van der Waals surface area contributed by atoms with E-state index in [4.69, 9.17) is 4.74 Å². The van der Waals surface area contributed by atoms with Crippen molar-refractivity contribution in [2.75, 3.05) is 23.9 Å². The molecule has 0 saturated carbocycles. The molecule has 11 heteroatoms. The lowest BCUT2D eigenvalue weighted by atomic mass is 9.92. The number of anilines is 2.